The number of benzene rings is 2. The van der Waals surface area contributed by atoms with Crippen molar-refractivity contribution in [1.82, 2.24) is 4.98 Å². The van der Waals surface area contributed by atoms with Gasteiger partial charge in [0.05, 0.1) is 0 Å². The van der Waals surface area contributed by atoms with Crippen LogP contribution in [0.5, 0.6) is 0 Å². The second-order valence-corrected chi connectivity index (χ2v) is 7.92. The summed E-state index contributed by atoms with van der Waals surface area (Å²) in [5, 5.41) is 6.20. The van der Waals surface area contributed by atoms with Gasteiger partial charge in [0.2, 0.25) is 0 Å². The summed E-state index contributed by atoms with van der Waals surface area (Å²) in [5.74, 6) is 0.905. The van der Waals surface area contributed by atoms with Crippen LogP contribution in [0.3, 0.4) is 0 Å². The fourth-order valence-electron chi connectivity index (χ4n) is 2.19. The molecule has 0 amide bonds. The van der Waals surface area contributed by atoms with Gasteiger partial charge in [-0.05, 0) is 46.6 Å². The summed E-state index contributed by atoms with van der Waals surface area (Å²) in [6.45, 7) is 0. The van der Waals surface area contributed by atoms with Gasteiger partial charge in [0.15, 0.2) is 0 Å². The van der Waals surface area contributed by atoms with E-state index in [4.69, 9.17) is 0 Å². The van der Waals surface area contributed by atoms with E-state index in [1.54, 1.807) is 0 Å². The Morgan fingerprint density at radius 3 is 1.91 bits per heavy atom. The lowest BCUT2D eigenvalue weighted by atomic mass is 10.4. The number of nitrogens with zero attached hydrogens (tertiary/aromatic N) is 1. The maximum Gasteiger partial charge on any atom is 0.126 e. The van der Waals surface area contributed by atoms with E-state index >= 15 is 0 Å². The maximum atomic E-state index is 4.39. The molecule has 3 rings (SSSR count). The summed E-state index contributed by atoms with van der Waals surface area (Å²) in [4.78, 5) is 4.39. The van der Waals surface area contributed by atoms with E-state index in [1.807, 2.05) is 18.3 Å². The fraction of sp³-hybridized carbons (Fsp3) is 0.0556. The van der Waals surface area contributed by atoms with Crippen molar-refractivity contribution in [1.29, 1.82) is 0 Å². The molecule has 0 spiro atoms. The van der Waals surface area contributed by atoms with Crippen molar-refractivity contribution in [3.05, 3.63) is 83.5 Å². The van der Waals surface area contributed by atoms with Gasteiger partial charge in [-0.3, -0.25) is 0 Å². The summed E-state index contributed by atoms with van der Waals surface area (Å²) in [7, 11) is -0.445. The zero-order valence-corrected chi connectivity index (χ0v) is 14.5. The largest absolute Gasteiger partial charge is 0.366 e. The Bertz CT molecular complexity index is 663. The van der Waals surface area contributed by atoms with Gasteiger partial charge in [0.25, 0.3) is 0 Å². The van der Waals surface area contributed by atoms with E-state index in [-0.39, 0.29) is 0 Å². The Labute approximate surface area is 140 Å². The van der Waals surface area contributed by atoms with Gasteiger partial charge >= 0.3 is 0 Å². The molecule has 0 atom stereocenters. The van der Waals surface area contributed by atoms with Crippen molar-refractivity contribution in [2.24, 2.45) is 0 Å². The highest BCUT2D eigenvalue weighted by atomic mass is 79.9. The van der Waals surface area contributed by atoms with Crippen molar-refractivity contribution in [3.8, 4) is 0 Å². The highest BCUT2D eigenvalue weighted by molar-refractivity contribution is 9.10. The van der Waals surface area contributed by atoms with Crippen molar-refractivity contribution in [3.63, 3.8) is 0 Å². The van der Waals surface area contributed by atoms with Crippen molar-refractivity contribution in [2.75, 3.05) is 11.6 Å². The van der Waals surface area contributed by atoms with Crippen LogP contribution in [0.15, 0.2) is 83.5 Å². The van der Waals surface area contributed by atoms with E-state index in [1.165, 1.54) is 10.6 Å². The molecule has 1 heterocycles. The number of nitrogens with one attached hydrogen (secondary N) is 1. The lowest BCUT2D eigenvalue weighted by Crippen LogP contribution is -2.17. The van der Waals surface area contributed by atoms with Gasteiger partial charge in [-0.15, -0.1) is 0 Å². The minimum Gasteiger partial charge on any atom is -0.366 e. The highest BCUT2D eigenvalue weighted by Crippen LogP contribution is 2.33. The lowest BCUT2D eigenvalue weighted by molar-refractivity contribution is 1.26. The fourth-order valence-corrected chi connectivity index (χ4v) is 4.47. The molecular weight excluding hydrogens is 355 g/mol. The Morgan fingerprint density at radius 1 is 0.818 bits per heavy atom. The molecule has 0 saturated heterocycles. The number of anilines is 1. The van der Waals surface area contributed by atoms with Gasteiger partial charge < -0.3 is 5.32 Å². The van der Waals surface area contributed by atoms with Gasteiger partial charge in [-0.2, -0.15) is 0 Å². The Balaban J connectivity index is 1.81. The van der Waals surface area contributed by atoms with Crippen LogP contribution in [0.25, 0.3) is 0 Å². The van der Waals surface area contributed by atoms with Crippen LogP contribution in [0, 0.1) is 0 Å². The molecule has 1 aromatic heterocycles. The van der Waals surface area contributed by atoms with Crippen molar-refractivity contribution in [2.45, 2.75) is 0 Å². The number of aromatic nitrogens is 1. The molecule has 0 aliphatic carbocycles. The standard InChI is InChI=1S/C18H16BrN2P/c19-15-11-12-18(20-13-15)21-14-22(16-7-3-1-4-8-16)17-9-5-2-6-10-17/h1-13H,14H2,(H,20,21). The van der Waals surface area contributed by atoms with Crippen LogP contribution in [-0.2, 0) is 0 Å². The van der Waals surface area contributed by atoms with Gasteiger partial charge in [0, 0.05) is 17.0 Å². The minimum atomic E-state index is -0.445. The van der Waals surface area contributed by atoms with Crippen molar-refractivity contribution < 1.29 is 0 Å². The molecule has 0 saturated carbocycles. The van der Waals surface area contributed by atoms with Gasteiger partial charge in [0.1, 0.15) is 5.82 Å². The van der Waals surface area contributed by atoms with Crippen LogP contribution in [-0.4, -0.2) is 11.3 Å². The smallest absolute Gasteiger partial charge is 0.126 e. The molecule has 22 heavy (non-hydrogen) atoms. The zero-order chi connectivity index (χ0) is 15.2. The normalized spacial score (nSPS) is 10.6. The monoisotopic (exact) mass is 370 g/mol. The Kier molecular flexibility index (Phi) is 5.20. The minimum absolute atomic E-state index is 0.445. The number of halogens is 1. The topological polar surface area (TPSA) is 24.9 Å². The second kappa shape index (κ2) is 7.53. The molecule has 2 aromatic carbocycles. The zero-order valence-electron chi connectivity index (χ0n) is 12.0. The van der Waals surface area contributed by atoms with E-state index in [9.17, 15) is 0 Å². The third kappa shape index (κ3) is 3.94. The first-order chi connectivity index (χ1) is 10.8. The number of pyridine rings is 1. The van der Waals surface area contributed by atoms with Crippen LogP contribution in [0.4, 0.5) is 5.82 Å². The Hall–Kier alpha value is -1.70. The van der Waals surface area contributed by atoms with E-state index in [2.05, 4.69) is 86.9 Å². The lowest BCUT2D eigenvalue weighted by Gasteiger charge is -2.19. The summed E-state index contributed by atoms with van der Waals surface area (Å²) in [5.41, 5.74) is 0. The number of hydrogen-bond acceptors (Lipinski definition) is 2. The molecule has 1 N–H and O–H groups in total. The molecule has 3 aromatic rings. The molecular formula is C18H16BrN2P. The first-order valence-corrected chi connectivity index (χ1v) is 9.38. The molecule has 0 aliphatic heterocycles. The first-order valence-electron chi connectivity index (χ1n) is 7.06. The third-order valence-electron chi connectivity index (χ3n) is 3.28. The Morgan fingerprint density at radius 2 is 1.41 bits per heavy atom. The van der Waals surface area contributed by atoms with E-state index in [0.717, 1.165) is 16.6 Å². The predicted molar refractivity (Wildman–Crippen MR) is 99.5 cm³/mol. The number of hydrogen-bond donors (Lipinski definition) is 1. The molecule has 0 aliphatic rings. The second-order valence-electron chi connectivity index (χ2n) is 4.80. The van der Waals surface area contributed by atoms with Crippen LogP contribution >= 0.6 is 23.9 Å². The van der Waals surface area contributed by atoms with Gasteiger partial charge in [-0.25, -0.2) is 4.98 Å². The summed E-state index contributed by atoms with van der Waals surface area (Å²) in [6.07, 6.45) is 2.69. The average molecular weight is 371 g/mol. The molecule has 2 nitrogen and oxygen atoms in total. The molecule has 4 heteroatoms. The summed E-state index contributed by atoms with van der Waals surface area (Å²) >= 11 is 3.41. The highest BCUT2D eigenvalue weighted by Gasteiger charge is 2.13. The van der Waals surface area contributed by atoms with Crippen LogP contribution in [0.2, 0.25) is 0 Å². The third-order valence-corrected chi connectivity index (χ3v) is 6.07. The first kappa shape index (κ1) is 15.2. The molecule has 0 bridgehead atoms. The molecule has 110 valence electrons. The summed E-state index contributed by atoms with van der Waals surface area (Å²) < 4.78 is 0.992. The SMILES string of the molecule is Brc1ccc(NCP(c2ccccc2)c2ccccc2)nc1. The average Bonchev–Trinajstić information content (AvgIpc) is 2.59. The van der Waals surface area contributed by atoms with Gasteiger partial charge in [-0.1, -0.05) is 60.7 Å². The van der Waals surface area contributed by atoms with E-state index < -0.39 is 7.92 Å². The molecule has 0 unspecified atom stereocenters. The van der Waals surface area contributed by atoms with E-state index in [0.29, 0.717) is 0 Å². The van der Waals surface area contributed by atoms with Crippen molar-refractivity contribution >= 4 is 40.3 Å². The quantitative estimate of drug-likeness (QED) is 0.675. The molecule has 0 fully saturated rings. The molecule has 0 radical (unpaired) electrons. The number of rotatable bonds is 5. The predicted octanol–water partition coefficient (Wildman–Crippen LogP) is 4.35. The summed E-state index contributed by atoms with van der Waals surface area (Å²) in [6, 6.07) is 25.3. The maximum absolute atomic E-state index is 4.39. The van der Waals surface area contributed by atoms with Crippen LogP contribution in [0.1, 0.15) is 0 Å². The van der Waals surface area contributed by atoms with Crippen LogP contribution < -0.4 is 15.9 Å².